The number of benzene rings is 2. The number of nitrogens with one attached hydrogen (secondary N) is 1. The molecule has 2 aromatic carbocycles. The van der Waals surface area contributed by atoms with Crippen LogP contribution in [0.25, 0.3) is 6.08 Å². The number of hydrogen-bond acceptors (Lipinski definition) is 2. The van der Waals surface area contributed by atoms with Gasteiger partial charge in [-0.25, -0.2) is 8.42 Å². The summed E-state index contributed by atoms with van der Waals surface area (Å²) in [4.78, 5) is 0.290. The van der Waals surface area contributed by atoms with E-state index in [0.29, 0.717) is 5.69 Å². The Labute approximate surface area is 145 Å². The van der Waals surface area contributed by atoms with Crippen molar-refractivity contribution in [3.8, 4) is 0 Å². The third-order valence-corrected chi connectivity index (χ3v) is 7.49. The quantitative estimate of drug-likeness (QED) is 0.622. The summed E-state index contributed by atoms with van der Waals surface area (Å²) in [5.41, 5.74) is 1.47. The second kappa shape index (κ2) is 6.44. The molecule has 0 aromatic heterocycles. The average Bonchev–Trinajstić information content (AvgIpc) is 2.42. The Morgan fingerprint density at radius 1 is 1.05 bits per heavy atom. The van der Waals surface area contributed by atoms with Crippen LogP contribution in [-0.2, 0) is 10.0 Å². The van der Waals surface area contributed by atoms with Gasteiger partial charge in [0.05, 0.1) is 0 Å². The molecular weight excluding hydrogens is 500 g/mol. The van der Waals surface area contributed by atoms with Gasteiger partial charge in [0.15, 0.2) is 0 Å². The molecule has 0 unspecified atom stereocenters. The molecule has 0 spiro atoms. The molecule has 0 amide bonds. The Bertz CT molecular complexity index is 740. The highest BCUT2D eigenvalue weighted by Crippen LogP contribution is 2.25. The maximum Gasteiger partial charge on any atom is 0.262 e. The van der Waals surface area contributed by atoms with Gasteiger partial charge in [0.2, 0.25) is 0 Å². The molecule has 6 heteroatoms. The summed E-state index contributed by atoms with van der Waals surface area (Å²) in [6, 6.07) is 12.3. The van der Waals surface area contributed by atoms with Crippen LogP contribution in [-0.4, -0.2) is 8.42 Å². The lowest BCUT2D eigenvalue weighted by molar-refractivity contribution is 0.600. The van der Waals surface area contributed by atoms with Crippen molar-refractivity contribution in [3.05, 3.63) is 61.7 Å². The van der Waals surface area contributed by atoms with Gasteiger partial charge in [-0.3, -0.25) is 4.72 Å². The highest BCUT2D eigenvalue weighted by molar-refractivity contribution is 14.1. The number of hydrogen-bond donors (Lipinski definition) is 1. The molecule has 1 N–H and O–H groups in total. The van der Waals surface area contributed by atoms with Crippen molar-refractivity contribution >= 4 is 67.0 Å². The lowest BCUT2D eigenvalue weighted by Crippen LogP contribution is -2.14. The molecule has 0 fully saturated rings. The van der Waals surface area contributed by atoms with Gasteiger partial charge in [-0.2, -0.15) is 0 Å². The molecule has 3 nitrogen and oxygen atoms in total. The summed E-state index contributed by atoms with van der Waals surface area (Å²) in [5.74, 6) is 0. The summed E-state index contributed by atoms with van der Waals surface area (Å²) in [5, 5.41) is 0. The van der Waals surface area contributed by atoms with E-state index in [1.54, 1.807) is 30.3 Å². The normalized spacial score (nSPS) is 11.1. The molecule has 0 aliphatic heterocycles. The van der Waals surface area contributed by atoms with E-state index in [1.165, 1.54) is 0 Å². The second-order valence-corrected chi connectivity index (χ2v) is 7.88. The predicted molar refractivity (Wildman–Crippen MR) is 99.2 cm³/mol. The Kier molecular flexibility index (Phi) is 5.08. The monoisotopic (exact) mass is 511 g/mol. The summed E-state index contributed by atoms with van der Waals surface area (Å²) < 4.78 is 29.0. The Morgan fingerprint density at radius 2 is 1.70 bits per heavy atom. The largest absolute Gasteiger partial charge is 0.280 e. The Hall–Kier alpha value is -0.610. The zero-order valence-electron chi connectivity index (χ0n) is 10.3. The van der Waals surface area contributed by atoms with Crippen molar-refractivity contribution in [2.75, 3.05) is 4.72 Å². The molecule has 0 bridgehead atoms. The average molecular weight is 511 g/mol. The van der Waals surface area contributed by atoms with Gasteiger partial charge in [-0.1, -0.05) is 30.9 Å². The van der Waals surface area contributed by atoms with E-state index in [0.717, 1.165) is 12.7 Å². The minimum Gasteiger partial charge on any atom is -0.280 e. The lowest BCUT2D eigenvalue weighted by atomic mass is 10.2. The predicted octanol–water partition coefficient (Wildman–Crippen LogP) is 4.34. The highest BCUT2D eigenvalue weighted by atomic mass is 127. The third-order valence-electron chi connectivity index (χ3n) is 2.60. The van der Waals surface area contributed by atoms with Gasteiger partial charge < -0.3 is 0 Å². The van der Waals surface area contributed by atoms with Gasteiger partial charge in [0, 0.05) is 12.8 Å². The molecule has 0 atom stereocenters. The maximum absolute atomic E-state index is 12.4. The molecule has 0 aliphatic carbocycles. The number of anilines is 1. The van der Waals surface area contributed by atoms with E-state index in [2.05, 4.69) is 33.9 Å². The van der Waals surface area contributed by atoms with Crippen LogP contribution >= 0.6 is 45.2 Å². The zero-order valence-corrected chi connectivity index (χ0v) is 15.4. The van der Waals surface area contributed by atoms with Crippen molar-refractivity contribution in [1.29, 1.82) is 0 Å². The van der Waals surface area contributed by atoms with Crippen LogP contribution in [0.5, 0.6) is 0 Å². The molecule has 0 radical (unpaired) electrons. The first kappa shape index (κ1) is 15.8. The van der Waals surface area contributed by atoms with Crippen molar-refractivity contribution < 1.29 is 8.42 Å². The van der Waals surface area contributed by atoms with Crippen molar-refractivity contribution in [3.63, 3.8) is 0 Å². The van der Waals surface area contributed by atoms with Crippen molar-refractivity contribution in [1.82, 2.24) is 0 Å². The summed E-state index contributed by atoms with van der Waals surface area (Å²) in [7, 11) is -3.57. The van der Waals surface area contributed by atoms with Crippen molar-refractivity contribution in [2.24, 2.45) is 0 Å². The zero-order chi connectivity index (χ0) is 14.8. The molecule has 104 valence electrons. The van der Waals surface area contributed by atoms with Gasteiger partial charge in [0.25, 0.3) is 10.0 Å². The van der Waals surface area contributed by atoms with E-state index in [-0.39, 0.29) is 4.90 Å². The molecule has 2 aromatic rings. The first-order valence-electron chi connectivity index (χ1n) is 5.63. The standard InChI is InChI=1S/C14H11I2NO2S/c1-2-10-6-8-11(9-7-10)17-20(18,19)13-5-3-4-12(15)14(13)16/h2-9,17H,1H2. The minimum atomic E-state index is -3.57. The topological polar surface area (TPSA) is 46.2 Å². The fourth-order valence-corrected chi connectivity index (χ4v) is 4.66. The van der Waals surface area contributed by atoms with Gasteiger partial charge >= 0.3 is 0 Å². The molecule has 20 heavy (non-hydrogen) atoms. The SMILES string of the molecule is C=Cc1ccc(NS(=O)(=O)c2cccc(I)c2I)cc1. The van der Waals surface area contributed by atoms with Crippen LogP contribution in [0, 0.1) is 7.14 Å². The van der Waals surface area contributed by atoms with Crippen LogP contribution in [0.3, 0.4) is 0 Å². The lowest BCUT2D eigenvalue weighted by Gasteiger charge is -2.10. The fraction of sp³-hybridized carbons (Fsp3) is 0. The highest BCUT2D eigenvalue weighted by Gasteiger charge is 2.18. The van der Waals surface area contributed by atoms with Crippen molar-refractivity contribution in [2.45, 2.75) is 4.90 Å². The molecule has 0 aliphatic rings. The fourth-order valence-electron chi connectivity index (χ4n) is 1.59. The van der Waals surface area contributed by atoms with E-state index in [9.17, 15) is 8.42 Å². The molecule has 0 saturated carbocycles. The van der Waals surface area contributed by atoms with Crippen LogP contribution in [0.15, 0.2) is 53.9 Å². The number of rotatable bonds is 4. The van der Waals surface area contributed by atoms with E-state index >= 15 is 0 Å². The number of halogens is 2. The van der Waals surface area contributed by atoms with Gasteiger partial charge in [-0.15, -0.1) is 0 Å². The summed E-state index contributed by atoms with van der Waals surface area (Å²) in [6.45, 7) is 3.66. The molecule has 0 heterocycles. The van der Waals surface area contributed by atoms with E-state index in [1.807, 2.05) is 40.8 Å². The Balaban J connectivity index is 2.35. The van der Waals surface area contributed by atoms with Crippen LogP contribution in [0.1, 0.15) is 5.56 Å². The maximum atomic E-state index is 12.4. The first-order chi connectivity index (χ1) is 9.44. The first-order valence-corrected chi connectivity index (χ1v) is 9.27. The minimum absolute atomic E-state index is 0.290. The number of sulfonamides is 1. The third kappa shape index (κ3) is 3.53. The van der Waals surface area contributed by atoms with Crippen LogP contribution in [0.2, 0.25) is 0 Å². The Morgan fingerprint density at radius 3 is 2.30 bits per heavy atom. The van der Waals surface area contributed by atoms with E-state index < -0.39 is 10.0 Å². The molecule has 2 rings (SSSR count). The van der Waals surface area contributed by atoms with Crippen LogP contribution < -0.4 is 4.72 Å². The van der Waals surface area contributed by atoms with Crippen LogP contribution in [0.4, 0.5) is 5.69 Å². The van der Waals surface area contributed by atoms with Gasteiger partial charge in [-0.05, 0) is 75.0 Å². The molecular formula is C14H11I2NO2S. The molecule has 0 saturated heterocycles. The second-order valence-electron chi connectivity index (χ2n) is 3.98. The summed E-state index contributed by atoms with van der Waals surface area (Å²) in [6.07, 6.45) is 1.71. The smallest absolute Gasteiger partial charge is 0.262 e. The summed E-state index contributed by atoms with van der Waals surface area (Å²) >= 11 is 4.16. The van der Waals surface area contributed by atoms with Gasteiger partial charge in [0.1, 0.15) is 4.90 Å². The van der Waals surface area contributed by atoms with E-state index in [4.69, 9.17) is 0 Å².